The SMILES string of the molecule is COc1cc(O)cc(C2Oc3c(c(OC)cc4ccc(=O)oc34)OC2CO)c1. The number of benzene rings is 2. The molecule has 4 rings (SSSR count). The molecule has 8 heteroatoms. The summed E-state index contributed by atoms with van der Waals surface area (Å²) >= 11 is 0. The van der Waals surface area contributed by atoms with Gasteiger partial charge in [-0.25, -0.2) is 4.79 Å². The van der Waals surface area contributed by atoms with Crippen molar-refractivity contribution in [1.29, 1.82) is 0 Å². The van der Waals surface area contributed by atoms with Crippen molar-refractivity contribution in [1.82, 2.24) is 0 Å². The van der Waals surface area contributed by atoms with E-state index in [4.69, 9.17) is 23.4 Å². The molecule has 0 saturated carbocycles. The second-order valence-corrected chi connectivity index (χ2v) is 6.25. The predicted molar refractivity (Wildman–Crippen MR) is 98.6 cm³/mol. The van der Waals surface area contributed by atoms with Crippen LogP contribution in [0.1, 0.15) is 11.7 Å². The summed E-state index contributed by atoms with van der Waals surface area (Å²) in [5.41, 5.74) is 0.191. The number of phenols is 1. The maximum absolute atomic E-state index is 11.7. The van der Waals surface area contributed by atoms with Crippen LogP contribution in [-0.2, 0) is 0 Å². The van der Waals surface area contributed by atoms with E-state index >= 15 is 0 Å². The van der Waals surface area contributed by atoms with Crippen LogP contribution in [0.4, 0.5) is 0 Å². The van der Waals surface area contributed by atoms with Gasteiger partial charge in [-0.05, 0) is 24.3 Å². The molecule has 0 spiro atoms. The van der Waals surface area contributed by atoms with Gasteiger partial charge in [-0.1, -0.05) is 0 Å². The highest BCUT2D eigenvalue weighted by molar-refractivity contribution is 5.88. The van der Waals surface area contributed by atoms with Crippen molar-refractivity contribution in [3.8, 4) is 28.7 Å². The van der Waals surface area contributed by atoms with Crippen LogP contribution < -0.4 is 24.6 Å². The van der Waals surface area contributed by atoms with Gasteiger partial charge in [0, 0.05) is 23.1 Å². The van der Waals surface area contributed by atoms with E-state index in [0.29, 0.717) is 22.4 Å². The third-order valence-electron chi connectivity index (χ3n) is 4.52. The summed E-state index contributed by atoms with van der Waals surface area (Å²) < 4.78 is 28.0. The fourth-order valence-corrected chi connectivity index (χ4v) is 3.23. The quantitative estimate of drug-likeness (QED) is 0.658. The van der Waals surface area contributed by atoms with Crippen LogP contribution >= 0.6 is 0 Å². The zero-order chi connectivity index (χ0) is 19.8. The highest BCUT2D eigenvalue weighted by atomic mass is 16.6. The maximum atomic E-state index is 11.7. The van der Waals surface area contributed by atoms with Crippen LogP contribution in [0.2, 0.25) is 0 Å². The van der Waals surface area contributed by atoms with Crippen molar-refractivity contribution >= 4 is 11.0 Å². The van der Waals surface area contributed by atoms with E-state index in [1.54, 1.807) is 18.2 Å². The largest absolute Gasteiger partial charge is 0.508 e. The molecule has 8 nitrogen and oxygen atoms in total. The summed E-state index contributed by atoms with van der Waals surface area (Å²) in [5.74, 6) is 1.18. The first-order valence-corrected chi connectivity index (χ1v) is 8.51. The zero-order valence-corrected chi connectivity index (χ0v) is 15.2. The van der Waals surface area contributed by atoms with E-state index in [2.05, 4.69) is 0 Å². The maximum Gasteiger partial charge on any atom is 0.336 e. The van der Waals surface area contributed by atoms with Gasteiger partial charge >= 0.3 is 5.63 Å². The van der Waals surface area contributed by atoms with Crippen LogP contribution in [0.25, 0.3) is 11.0 Å². The summed E-state index contributed by atoms with van der Waals surface area (Å²) in [7, 11) is 2.95. The Labute approximate surface area is 159 Å². The minimum absolute atomic E-state index is 0.0255. The van der Waals surface area contributed by atoms with Crippen molar-refractivity contribution < 1.29 is 33.6 Å². The Bertz CT molecular complexity index is 1090. The lowest BCUT2D eigenvalue weighted by Crippen LogP contribution is -2.36. The molecule has 2 heterocycles. The lowest BCUT2D eigenvalue weighted by molar-refractivity contribution is -0.0137. The summed E-state index contributed by atoms with van der Waals surface area (Å²) in [6.07, 6.45) is -1.58. The van der Waals surface area contributed by atoms with Crippen molar-refractivity contribution in [3.63, 3.8) is 0 Å². The molecule has 0 aliphatic carbocycles. The number of phenolic OH excluding ortho intramolecular Hbond substituents is 1. The van der Waals surface area contributed by atoms with Gasteiger partial charge in [0.25, 0.3) is 0 Å². The van der Waals surface area contributed by atoms with Gasteiger partial charge in [-0.2, -0.15) is 0 Å². The first kappa shape index (κ1) is 18.0. The Morgan fingerprint density at radius 1 is 1.04 bits per heavy atom. The van der Waals surface area contributed by atoms with Crippen LogP contribution in [0.15, 0.2) is 45.6 Å². The normalized spacial score (nSPS) is 18.1. The fraction of sp³-hybridized carbons (Fsp3) is 0.250. The summed E-state index contributed by atoms with van der Waals surface area (Å²) in [6, 6.07) is 9.16. The molecule has 146 valence electrons. The predicted octanol–water partition coefficient (Wildman–Crippen LogP) is 2.39. The zero-order valence-electron chi connectivity index (χ0n) is 15.2. The topological polar surface area (TPSA) is 108 Å². The highest BCUT2D eigenvalue weighted by Gasteiger charge is 2.37. The standard InChI is InChI=1S/C20H18O8/c1-24-13-6-11(5-12(22)8-13)17-15(9-21)26-19-14(25-2)7-10-3-4-16(23)27-18(10)20(19)28-17/h3-8,15,17,21-22H,9H2,1-2H3. The molecule has 0 bridgehead atoms. The van der Waals surface area contributed by atoms with Crippen LogP contribution in [-0.4, -0.2) is 37.1 Å². The summed E-state index contributed by atoms with van der Waals surface area (Å²) in [4.78, 5) is 11.7. The fourth-order valence-electron chi connectivity index (χ4n) is 3.23. The number of hydrogen-bond donors (Lipinski definition) is 2. The van der Waals surface area contributed by atoms with Crippen molar-refractivity contribution in [2.45, 2.75) is 12.2 Å². The number of rotatable bonds is 4. The van der Waals surface area contributed by atoms with E-state index in [9.17, 15) is 15.0 Å². The van der Waals surface area contributed by atoms with Gasteiger partial charge in [-0.15, -0.1) is 0 Å². The Balaban J connectivity index is 1.90. The van der Waals surface area contributed by atoms with Crippen molar-refractivity contribution in [2.24, 2.45) is 0 Å². The van der Waals surface area contributed by atoms with Gasteiger partial charge in [0.15, 0.2) is 23.5 Å². The minimum atomic E-state index is -0.792. The third kappa shape index (κ3) is 2.97. The van der Waals surface area contributed by atoms with E-state index in [0.717, 1.165) is 0 Å². The number of methoxy groups -OCH3 is 2. The molecular formula is C20H18O8. The van der Waals surface area contributed by atoms with Gasteiger partial charge in [-0.3, -0.25) is 0 Å². The molecule has 0 saturated heterocycles. The number of aromatic hydroxyl groups is 1. The Morgan fingerprint density at radius 3 is 2.57 bits per heavy atom. The molecule has 2 N–H and O–H groups in total. The molecule has 1 aliphatic rings. The second kappa shape index (κ2) is 6.97. The molecule has 3 aromatic rings. The summed E-state index contributed by atoms with van der Waals surface area (Å²) in [5, 5.41) is 20.4. The van der Waals surface area contributed by atoms with E-state index in [1.807, 2.05) is 0 Å². The van der Waals surface area contributed by atoms with Gasteiger partial charge < -0.3 is 33.6 Å². The molecular weight excluding hydrogens is 368 g/mol. The average molecular weight is 386 g/mol. The highest BCUT2D eigenvalue weighted by Crippen LogP contribution is 2.49. The first-order chi connectivity index (χ1) is 13.5. The minimum Gasteiger partial charge on any atom is -0.508 e. The van der Waals surface area contributed by atoms with Gasteiger partial charge in [0.2, 0.25) is 11.5 Å². The lowest BCUT2D eigenvalue weighted by Gasteiger charge is -2.34. The lowest BCUT2D eigenvalue weighted by atomic mass is 10.0. The monoisotopic (exact) mass is 386 g/mol. The summed E-state index contributed by atoms with van der Waals surface area (Å²) in [6.45, 7) is -0.359. The van der Waals surface area contributed by atoms with Crippen molar-refractivity contribution in [3.05, 3.63) is 52.4 Å². The molecule has 1 aliphatic heterocycles. The van der Waals surface area contributed by atoms with Crippen LogP contribution in [0, 0.1) is 0 Å². The molecule has 2 unspecified atom stereocenters. The van der Waals surface area contributed by atoms with E-state index in [1.165, 1.54) is 32.4 Å². The third-order valence-corrected chi connectivity index (χ3v) is 4.52. The molecule has 2 aromatic carbocycles. The van der Waals surface area contributed by atoms with Crippen LogP contribution in [0.3, 0.4) is 0 Å². The smallest absolute Gasteiger partial charge is 0.336 e. The van der Waals surface area contributed by atoms with E-state index in [-0.39, 0.29) is 29.4 Å². The van der Waals surface area contributed by atoms with Crippen LogP contribution in [0.5, 0.6) is 28.7 Å². The first-order valence-electron chi connectivity index (χ1n) is 8.51. The van der Waals surface area contributed by atoms with Gasteiger partial charge in [0.1, 0.15) is 11.5 Å². The van der Waals surface area contributed by atoms with E-state index < -0.39 is 17.8 Å². The Hall–Kier alpha value is -3.39. The Kier molecular flexibility index (Phi) is 4.48. The number of aliphatic hydroxyl groups excluding tert-OH is 1. The molecule has 0 fully saturated rings. The second-order valence-electron chi connectivity index (χ2n) is 6.25. The Morgan fingerprint density at radius 2 is 1.86 bits per heavy atom. The molecule has 2 atom stereocenters. The number of fused-ring (bicyclic) bond motifs is 3. The van der Waals surface area contributed by atoms with Crippen molar-refractivity contribution in [2.75, 3.05) is 20.8 Å². The molecule has 0 amide bonds. The average Bonchev–Trinajstić information content (AvgIpc) is 2.71. The molecule has 28 heavy (non-hydrogen) atoms. The number of ether oxygens (including phenoxy) is 4. The van der Waals surface area contributed by atoms with Gasteiger partial charge in [0.05, 0.1) is 20.8 Å². The number of hydrogen-bond acceptors (Lipinski definition) is 8. The molecule has 1 aromatic heterocycles. The number of aliphatic hydroxyl groups is 1. The molecule has 0 radical (unpaired) electrons.